The topological polar surface area (TPSA) is 64.9 Å². The molecule has 0 saturated carbocycles. The second-order valence-electron chi connectivity index (χ2n) is 3.75. The number of benzene rings is 2. The van der Waals surface area contributed by atoms with Crippen molar-refractivity contribution in [3.05, 3.63) is 59.9 Å². The van der Waals surface area contributed by atoms with Crippen LogP contribution in [0.2, 0.25) is 0 Å². The molecule has 0 atom stereocenters. The molecule has 94 valence electrons. The second-order valence-corrected chi connectivity index (χ2v) is 3.75. The summed E-state index contributed by atoms with van der Waals surface area (Å²) in [6, 6.07) is 13.9. The number of hydrogen-bond acceptors (Lipinski definition) is 2. The van der Waals surface area contributed by atoms with E-state index in [-0.39, 0.29) is 11.3 Å². The standard InChI is InChI=1S/C14H10FN3O/c15-12-8-10(9-16)6-7-13(12)18-14(19)17-11-4-2-1-3-5-11/h1-8H,(H2,17,18,19). The molecule has 0 radical (unpaired) electrons. The van der Waals surface area contributed by atoms with E-state index in [0.29, 0.717) is 5.69 Å². The normalized spacial score (nSPS) is 9.47. The van der Waals surface area contributed by atoms with E-state index in [1.807, 2.05) is 12.1 Å². The minimum atomic E-state index is -0.651. The Bertz CT molecular complexity index is 635. The molecule has 0 unspecified atom stereocenters. The molecule has 19 heavy (non-hydrogen) atoms. The predicted molar refractivity (Wildman–Crippen MR) is 70.2 cm³/mol. The number of carbonyl (C=O) groups excluding carboxylic acids is 1. The minimum absolute atomic E-state index is 0.0208. The molecule has 2 amide bonds. The van der Waals surface area contributed by atoms with Crippen molar-refractivity contribution in [3.8, 4) is 6.07 Å². The number of nitriles is 1. The van der Waals surface area contributed by atoms with E-state index in [0.717, 1.165) is 6.07 Å². The minimum Gasteiger partial charge on any atom is -0.308 e. The van der Waals surface area contributed by atoms with E-state index < -0.39 is 11.8 Å². The number of amides is 2. The van der Waals surface area contributed by atoms with Gasteiger partial charge in [0.2, 0.25) is 0 Å². The van der Waals surface area contributed by atoms with Gasteiger partial charge in [0.1, 0.15) is 5.82 Å². The van der Waals surface area contributed by atoms with Crippen molar-refractivity contribution in [1.29, 1.82) is 5.26 Å². The summed E-state index contributed by atoms with van der Waals surface area (Å²) in [4.78, 5) is 11.6. The second kappa shape index (κ2) is 5.65. The molecule has 2 N–H and O–H groups in total. The maximum absolute atomic E-state index is 13.5. The van der Waals surface area contributed by atoms with Gasteiger partial charge in [-0.2, -0.15) is 5.26 Å². The van der Waals surface area contributed by atoms with E-state index in [9.17, 15) is 9.18 Å². The zero-order valence-corrected chi connectivity index (χ0v) is 9.85. The van der Waals surface area contributed by atoms with E-state index in [2.05, 4.69) is 10.6 Å². The van der Waals surface area contributed by atoms with Gasteiger partial charge in [0.25, 0.3) is 0 Å². The van der Waals surface area contributed by atoms with Crippen molar-refractivity contribution in [2.24, 2.45) is 0 Å². The number of halogens is 1. The first-order valence-electron chi connectivity index (χ1n) is 5.52. The smallest absolute Gasteiger partial charge is 0.308 e. The van der Waals surface area contributed by atoms with Gasteiger partial charge in [-0.25, -0.2) is 9.18 Å². The van der Waals surface area contributed by atoms with Crippen molar-refractivity contribution in [1.82, 2.24) is 0 Å². The van der Waals surface area contributed by atoms with Crippen LogP contribution < -0.4 is 10.6 Å². The number of para-hydroxylation sites is 1. The quantitative estimate of drug-likeness (QED) is 0.864. The first-order valence-corrected chi connectivity index (χ1v) is 5.52. The van der Waals surface area contributed by atoms with Crippen molar-refractivity contribution in [2.45, 2.75) is 0 Å². The highest BCUT2D eigenvalue weighted by molar-refractivity contribution is 5.99. The molecule has 4 nitrogen and oxygen atoms in total. The summed E-state index contributed by atoms with van der Waals surface area (Å²) in [5, 5.41) is 13.6. The average molecular weight is 255 g/mol. The maximum atomic E-state index is 13.5. The number of anilines is 2. The number of carbonyl (C=O) groups is 1. The highest BCUT2D eigenvalue weighted by Gasteiger charge is 2.07. The molecule has 0 spiro atoms. The Morgan fingerprint density at radius 3 is 2.47 bits per heavy atom. The lowest BCUT2D eigenvalue weighted by Crippen LogP contribution is -2.20. The number of nitrogens with one attached hydrogen (secondary N) is 2. The van der Waals surface area contributed by atoms with Crippen LogP contribution in [0.5, 0.6) is 0 Å². The SMILES string of the molecule is N#Cc1ccc(NC(=O)Nc2ccccc2)c(F)c1. The van der Waals surface area contributed by atoms with Gasteiger partial charge in [-0.05, 0) is 30.3 Å². The third kappa shape index (κ3) is 3.30. The highest BCUT2D eigenvalue weighted by Crippen LogP contribution is 2.16. The molecule has 0 aliphatic heterocycles. The van der Waals surface area contributed by atoms with Crippen LogP contribution in [0, 0.1) is 17.1 Å². The van der Waals surface area contributed by atoms with Crippen molar-refractivity contribution >= 4 is 17.4 Å². The monoisotopic (exact) mass is 255 g/mol. The molecule has 2 aromatic carbocycles. The number of rotatable bonds is 2. The molecule has 5 heteroatoms. The van der Waals surface area contributed by atoms with Crippen LogP contribution in [0.1, 0.15) is 5.56 Å². The van der Waals surface area contributed by atoms with E-state index in [1.54, 1.807) is 24.3 Å². The molecular weight excluding hydrogens is 245 g/mol. The molecule has 0 aliphatic rings. The van der Waals surface area contributed by atoms with Gasteiger partial charge in [-0.15, -0.1) is 0 Å². The molecule has 0 aromatic heterocycles. The van der Waals surface area contributed by atoms with Gasteiger partial charge in [0.05, 0.1) is 17.3 Å². The summed E-state index contributed by atoms with van der Waals surface area (Å²) in [6.45, 7) is 0. The lowest BCUT2D eigenvalue weighted by molar-refractivity contribution is 0.262. The fourth-order valence-corrected chi connectivity index (χ4v) is 1.49. The van der Waals surface area contributed by atoms with Gasteiger partial charge in [0, 0.05) is 5.69 Å². The zero-order chi connectivity index (χ0) is 13.7. The van der Waals surface area contributed by atoms with Crippen LogP contribution >= 0.6 is 0 Å². The van der Waals surface area contributed by atoms with Crippen LogP contribution in [-0.4, -0.2) is 6.03 Å². The third-order valence-corrected chi connectivity index (χ3v) is 2.38. The summed E-state index contributed by atoms with van der Waals surface area (Å²) < 4.78 is 13.5. The maximum Gasteiger partial charge on any atom is 0.323 e. The summed E-state index contributed by atoms with van der Waals surface area (Å²) in [5.74, 6) is -0.651. The van der Waals surface area contributed by atoms with Crippen LogP contribution in [0.25, 0.3) is 0 Å². The van der Waals surface area contributed by atoms with Crippen molar-refractivity contribution in [2.75, 3.05) is 10.6 Å². The van der Waals surface area contributed by atoms with E-state index in [1.165, 1.54) is 12.1 Å². The van der Waals surface area contributed by atoms with Gasteiger partial charge < -0.3 is 10.6 Å². The lowest BCUT2D eigenvalue weighted by atomic mass is 10.2. The summed E-state index contributed by atoms with van der Waals surface area (Å²) in [7, 11) is 0. The first kappa shape index (κ1) is 12.6. The molecule has 0 heterocycles. The lowest BCUT2D eigenvalue weighted by Gasteiger charge is -2.08. The van der Waals surface area contributed by atoms with E-state index >= 15 is 0 Å². The highest BCUT2D eigenvalue weighted by atomic mass is 19.1. The number of nitrogens with zero attached hydrogens (tertiary/aromatic N) is 1. The Kier molecular flexibility index (Phi) is 3.74. The summed E-state index contributed by atoms with van der Waals surface area (Å²) in [6.07, 6.45) is 0. The Morgan fingerprint density at radius 1 is 1.11 bits per heavy atom. The molecule has 0 bridgehead atoms. The molecule has 0 saturated heterocycles. The van der Waals surface area contributed by atoms with Gasteiger partial charge >= 0.3 is 6.03 Å². The molecule has 2 aromatic rings. The van der Waals surface area contributed by atoms with Crippen LogP contribution in [0.15, 0.2) is 48.5 Å². The van der Waals surface area contributed by atoms with Crippen LogP contribution in [0.4, 0.5) is 20.6 Å². The Balaban J connectivity index is 2.05. The predicted octanol–water partition coefficient (Wildman–Crippen LogP) is 3.34. The zero-order valence-electron chi connectivity index (χ0n) is 9.85. The van der Waals surface area contributed by atoms with Gasteiger partial charge in [-0.1, -0.05) is 18.2 Å². The van der Waals surface area contributed by atoms with Crippen LogP contribution in [0.3, 0.4) is 0 Å². The Morgan fingerprint density at radius 2 is 1.84 bits per heavy atom. The Hall–Kier alpha value is -2.87. The van der Waals surface area contributed by atoms with Crippen molar-refractivity contribution < 1.29 is 9.18 Å². The van der Waals surface area contributed by atoms with Gasteiger partial charge in [-0.3, -0.25) is 0 Å². The third-order valence-electron chi connectivity index (χ3n) is 2.38. The average Bonchev–Trinajstić information content (AvgIpc) is 2.42. The number of urea groups is 1. The Labute approximate surface area is 109 Å². The number of hydrogen-bond donors (Lipinski definition) is 2. The molecular formula is C14H10FN3O. The summed E-state index contributed by atoms with van der Waals surface area (Å²) in [5.41, 5.74) is 0.827. The van der Waals surface area contributed by atoms with E-state index in [4.69, 9.17) is 5.26 Å². The molecule has 0 aliphatic carbocycles. The molecule has 2 rings (SSSR count). The van der Waals surface area contributed by atoms with Crippen molar-refractivity contribution in [3.63, 3.8) is 0 Å². The molecule has 0 fully saturated rings. The fourth-order valence-electron chi connectivity index (χ4n) is 1.49. The summed E-state index contributed by atoms with van der Waals surface area (Å²) >= 11 is 0. The largest absolute Gasteiger partial charge is 0.323 e. The van der Waals surface area contributed by atoms with Gasteiger partial charge in [0.15, 0.2) is 0 Å². The van der Waals surface area contributed by atoms with Crippen LogP contribution in [-0.2, 0) is 0 Å². The fraction of sp³-hybridized carbons (Fsp3) is 0. The first-order chi connectivity index (χ1) is 9.19.